The average Bonchev–Trinajstić information content (AvgIpc) is 2.28. The highest BCUT2D eigenvalue weighted by atomic mass is 16.5. The predicted molar refractivity (Wildman–Crippen MR) is 65.2 cm³/mol. The van der Waals surface area contributed by atoms with E-state index in [0.29, 0.717) is 11.0 Å². The largest absolute Gasteiger partial charge is 0.350 e. The van der Waals surface area contributed by atoms with Crippen LogP contribution in [0.3, 0.4) is 0 Å². The average molecular weight is 232 g/mol. The van der Waals surface area contributed by atoms with Gasteiger partial charge in [0.05, 0.1) is 6.04 Å². The Labute approximate surface area is 100 Å². The van der Waals surface area contributed by atoms with Crippen LogP contribution in [-0.2, 0) is 0 Å². The second kappa shape index (κ2) is 5.01. The van der Waals surface area contributed by atoms with Crippen molar-refractivity contribution in [2.45, 2.75) is 18.9 Å². The first kappa shape index (κ1) is 11.7. The number of nitrogens with two attached hydrogens (primary N) is 1. The maximum absolute atomic E-state index is 10.7. The Kier molecular flexibility index (Phi) is 3.44. The van der Waals surface area contributed by atoms with Gasteiger partial charge in [0, 0.05) is 0 Å². The van der Waals surface area contributed by atoms with Crippen LogP contribution in [-0.4, -0.2) is 22.3 Å². The smallest absolute Gasteiger partial charge is 0.338 e. The molecule has 17 heavy (non-hydrogen) atoms. The van der Waals surface area contributed by atoms with Crippen LogP contribution < -0.4 is 5.73 Å². The Morgan fingerprint density at radius 3 is 2.59 bits per heavy atom. The lowest BCUT2D eigenvalue weighted by Gasteiger charge is -2.37. The van der Waals surface area contributed by atoms with Gasteiger partial charge < -0.3 is 5.73 Å². The molecule has 2 rings (SSSR count). The Bertz CT molecular complexity index is 411. The minimum atomic E-state index is -0.777. The van der Waals surface area contributed by atoms with Crippen molar-refractivity contribution in [3.05, 3.63) is 42.0 Å². The predicted octanol–water partition coefficient (Wildman–Crippen LogP) is 2.25. The summed E-state index contributed by atoms with van der Waals surface area (Å²) in [6.45, 7) is 0. The van der Waals surface area contributed by atoms with Gasteiger partial charge in [-0.25, -0.2) is 9.86 Å². The van der Waals surface area contributed by atoms with E-state index >= 15 is 0 Å². The summed E-state index contributed by atoms with van der Waals surface area (Å²) in [6, 6.07) is 9.13. The molecular formula is C13H16N2O2. The summed E-state index contributed by atoms with van der Waals surface area (Å²) in [5, 5.41) is 9.92. The molecule has 1 saturated carbocycles. The minimum absolute atomic E-state index is 0.127. The third-order valence-electron chi connectivity index (χ3n) is 3.08. The Morgan fingerprint density at radius 1 is 1.35 bits per heavy atom. The zero-order valence-electron chi connectivity index (χ0n) is 9.49. The second-order valence-corrected chi connectivity index (χ2v) is 4.34. The summed E-state index contributed by atoms with van der Waals surface area (Å²) in [7, 11) is 0. The zero-order valence-corrected chi connectivity index (χ0v) is 9.49. The van der Waals surface area contributed by atoms with Crippen molar-refractivity contribution < 1.29 is 10.0 Å². The molecule has 1 aliphatic rings. The molecule has 0 spiro atoms. The number of hydrogen-bond acceptors (Lipinski definition) is 2. The minimum Gasteiger partial charge on any atom is -0.350 e. The molecule has 3 N–H and O–H groups in total. The number of carbonyl (C=O) groups is 1. The van der Waals surface area contributed by atoms with Gasteiger partial charge in [0.15, 0.2) is 0 Å². The number of nitrogens with zero attached hydrogens (tertiary/aromatic N) is 1. The lowest BCUT2D eigenvalue weighted by Crippen LogP contribution is -2.47. The highest BCUT2D eigenvalue weighted by molar-refractivity contribution is 5.71. The topological polar surface area (TPSA) is 66.6 Å². The summed E-state index contributed by atoms with van der Waals surface area (Å²) in [5.74, 6) is 0.411. The van der Waals surface area contributed by atoms with Crippen molar-refractivity contribution in [1.82, 2.24) is 5.06 Å². The van der Waals surface area contributed by atoms with Gasteiger partial charge in [-0.05, 0) is 24.3 Å². The van der Waals surface area contributed by atoms with Crippen LogP contribution >= 0.6 is 0 Å². The van der Waals surface area contributed by atoms with Crippen LogP contribution in [0.5, 0.6) is 0 Å². The molecule has 1 fully saturated rings. The third-order valence-corrected chi connectivity index (χ3v) is 3.08. The summed E-state index contributed by atoms with van der Waals surface area (Å²) in [6.07, 6.45) is 5.71. The van der Waals surface area contributed by atoms with Gasteiger partial charge in [0.2, 0.25) is 0 Å². The van der Waals surface area contributed by atoms with Gasteiger partial charge in [-0.3, -0.25) is 5.21 Å². The number of primary amides is 1. The van der Waals surface area contributed by atoms with Gasteiger partial charge in [-0.2, -0.15) is 0 Å². The molecule has 0 aliphatic heterocycles. The number of carbonyl (C=O) groups excluding carboxylic acids is 1. The summed E-state index contributed by atoms with van der Waals surface area (Å²) < 4.78 is 0. The fourth-order valence-electron chi connectivity index (χ4n) is 1.98. The van der Waals surface area contributed by atoms with Crippen molar-refractivity contribution in [1.29, 1.82) is 0 Å². The van der Waals surface area contributed by atoms with Gasteiger partial charge in [0.25, 0.3) is 0 Å². The molecule has 90 valence electrons. The lowest BCUT2D eigenvalue weighted by molar-refractivity contribution is -0.105. The molecule has 0 radical (unpaired) electrons. The maximum Gasteiger partial charge on any atom is 0.338 e. The van der Waals surface area contributed by atoms with E-state index in [2.05, 4.69) is 12.2 Å². The molecule has 0 atom stereocenters. The van der Waals surface area contributed by atoms with Crippen molar-refractivity contribution in [3.63, 3.8) is 0 Å². The SMILES string of the molecule is NC(=O)N(O)C1CC(C=Cc2ccccc2)C1. The fourth-order valence-corrected chi connectivity index (χ4v) is 1.98. The number of allylic oxidation sites excluding steroid dienone is 1. The van der Waals surface area contributed by atoms with E-state index in [9.17, 15) is 10.0 Å². The van der Waals surface area contributed by atoms with Crippen LogP contribution in [0.25, 0.3) is 6.08 Å². The van der Waals surface area contributed by atoms with E-state index in [1.165, 1.54) is 0 Å². The number of amides is 2. The Hall–Kier alpha value is -1.81. The van der Waals surface area contributed by atoms with Crippen LogP contribution in [0.1, 0.15) is 18.4 Å². The van der Waals surface area contributed by atoms with E-state index in [-0.39, 0.29) is 6.04 Å². The molecule has 0 bridgehead atoms. The molecule has 4 heteroatoms. The number of rotatable bonds is 3. The number of hydrogen-bond donors (Lipinski definition) is 2. The van der Waals surface area contributed by atoms with Gasteiger partial charge >= 0.3 is 6.03 Å². The number of urea groups is 1. The fraction of sp³-hybridized carbons (Fsp3) is 0.308. The van der Waals surface area contributed by atoms with Crippen LogP contribution in [0.4, 0.5) is 4.79 Å². The monoisotopic (exact) mass is 232 g/mol. The van der Waals surface area contributed by atoms with E-state index in [1.807, 2.05) is 30.3 Å². The molecule has 0 aromatic heterocycles. The Morgan fingerprint density at radius 2 is 2.00 bits per heavy atom. The van der Waals surface area contributed by atoms with Crippen molar-refractivity contribution in [2.75, 3.05) is 0 Å². The summed E-state index contributed by atoms with van der Waals surface area (Å²) >= 11 is 0. The van der Waals surface area contributed by atoms with Gasteiger partial charge in [-0.15, -0.1) is 0 Å². The van der Waals surface area contributed by atoms with Crippen molar-refractivity contribution in [3.8, 4) is 0 Å². The van der Waals surface area contributed by atoms with E-state index < -0.39 is 6.03 Å². The molecule has 0 heterocycles. The van der Waals surface area contributed by atoms with E-state index in [1.54, 1.807) is 0 Å². The molecule has 0 saturated heterocycles. The molecule has 0 unspecified atom stereocenters. The van der Waals surface area contributed by atoms with E-state index in [0.717, 1.165) is 18.4 Å². The molecular weight excluding hydrogens is 216 g/mol. The number of hydroxylamine groups is 2. The van der Waals surface area contributed by atoms with Gasteiger partial charge in [0.1, 0.15) is 0 Å². The van der Waals surface area contributed by atoms with Crippen LogP contribution in [0.15, 0.2) is 36.4 Å². The molecule has 1 aromatic carbocycles. The van der Waals surface area contributed by atoms with Crippen LogP contribution in [0.2, 0.25) is 0 Å². The Balaban J connectivity index is 1.81. The molecule has 2 amide bonds. The quantitative estimate of drug-likeness (QED) is 0.620. The second-order valence-electron chi connectivity index (χ2n) is 4.34. The summed E-state index contributed by atoms with van der Waals surface area (Å²) in [5.41, 5.74) is 6.13. The summed E-state index contributed by atoms with van der Waals surface area (Å²) in [4.78, 5) is 10.7. The number of benzene rings is 1. The van der Waals surface area contributed by atoms with Crippen LogP contribution in [0, 0.1) is 5.92 Å². The molecule has 1 aliphatic carbocycles. The van der Waals surface area contributed by atoms with E-state index in [4.69, 9.17) is 5.73 Å². The lowest BCUT2D eigenvalue weighted by atomic mass is 9.79. The first-order chi connectivity index (χ1) is 8.16. The molecule has 1 aromatic rings. The first-order valence-electron chi connectivity index (χ1n) is 5.67. The standard InChI is InChI=1S/C13H16N2O2/c14-13(16)15(17)12-8-11(9-12)7-6-10-4-2-1-3-5-10/h1-7,11-12,17H,8-9H2,(H2,14,16). The van der Waals surface area contributed by atoms with Crippen molar-refractivity contribution >= 4 is 12.1 Å². The molecule has 4 nitrogen and oxygen atoms in total. The highest BCUT2D eigenvalue weighted by Crippen LogP contribution is 2.32. The highest BCUT2D eigenvalue weighted by Gasteiger charge is 2.33. The van der Waals surface area contributed by atoms with Crippen molar-refractivity contribution in [2.24, 2.45) is 11.7 Å². The third kappa shape index (κ3) is 2.85. The normalized spacial score (nSPS) is 23.4. The maximum atomic E-state index is 10.7. The zero-order chi connectivity index (χ0) is 12.3. The first-order valence-corrected chi connectivity index (χ1v) is 5.67. The van der Waals surface area contributed by atoms with Gasteiger partial charge in [-0.1, -0.05) is 42.5 Å².